The lowest BCUT2D eigenvalue weighted by Gasteiger charge is -2.19. The number of likely N-dealkylation sites (N-methyl/N-ethyl adjacent to an activating group) is 1. The van der Waals surface area contributed by atoms with E-state index >= 15 is 0 Å². The van der Waals surface area contributed by atoms with Gasteiger partial charge in [-0.1, -0.05) is 13.8 Å². The number of furan rings is 1. The van der Waals surface area contributed by atoms with Gasteiger partial charge in [-0.2, -0.15) is 0 Å². The van der Waals surface area contributed by atoms with E-state index in [1.165, 1.54) is 13.0 Å². The Hall–Kier alpha value is -0.800. The predicted octanol–water partition coefficient (Wildman–Crippen LogP) is 2.91. The predicted molar refractivity (Wildman–Crippen MR) is 72.1 cm³/mol. The molecule has 1 aromatic heterocycles. The fourth-order valence-electron chi connectivity index (χ4n) is 1.70. The molecule has 0 amide bonds. The molecule has 0 aliphatic heterocycles. The maximum atomic E-state index is 5.36. The molecule has 3 nitrogen and oxygen atoms in total. The molecule has 17 heavy (non-hydrogen) atoms. The van der Waals surface area contributed by atoms with Crippen molar-refractivity contribution in [3.8, 4) is 0 Å². The van der Waals surface area contributed by atoms with Gasteiger partial charge in [-0.3, -0.25) is 0 Å². The second-order valence-electron chi connectivity index (χ2n) is 5.18. The molecule has 0 saturated carbocycles. The summed E-state index contributed by atoms with van der Waals surface area (Å²) in [6, 6.07) is 4.24. The molecule has 1 aromatic rings. The van der Waals surface area contributed by atoms with Crippen molar-refractivity contribution >= 4 is 0 Å². The van der Waals surface area contributed by atoms with E-state index in [2.05, 4.69) is 38.0 Å². The molecule has 0 fully saturated rings. The normalized spacial score (nSPS) is 13.5. The molecular weight excluding hydrogens is 212 g/mol. The van der Waals surface area contributed by atoms with Crippen molar-refractivity contribution in [2.24, 2.45) is 5.92 Å². The van der Waals surface area contributed by atoms with Crippen LogP contribution >= 0.6 is 0 Å². The van der Waals surface area contributed by atoms with Crippen molar-refractivity contribution in [3.05, 3.63) is 24.2 Å². The van der Waals surface area contributed by atoms with Crippen molar-refractivity contribution in [2.45, 2.75) is 33.2 Å². The maximum absolute atomic E-state index is 5.36. The summed E-state index contributed by atoms with van der Waals surface area (Å²) >= 11 is 0. The monoisotopic (exact) mass is 238 g/mol. The van der Waals surface area contributed by atoms with Crippen LogP contribution in [0.2, 0.25) is 0 Å². The van der Waals surface area contributed by atoms with Crippen LogP contribution in [0.4, 0.5) is 0 Å². The number of nitrogens with zero attached hydrogens (tertiary/aromatic N) is 1. The summed E-state index contributed by atoms with van der Waals surface area (Å²) in [5, 5.41) is 3.47. The molecule has 3 heteroatoms. The fraction of sp³-hybridized carbons (Fsp3) is 0.714. The fourth-order valence-corrected chi connectivity index (χ4v) is 1.70. The van der Waals surface area contributed by atoms with Crippen molar-refractivity contribution in [1.29, 1.82) is 0 Å². The molecule has 0 aliphatic rings. The smallest absolute Gasteiger partial charge is 0.120 e. The van der Waals surface area contributed by atoms with Crippen LogP contribution in [0.5, 0.6) is 0 Å². The van der Waals surface area contributed by atoms with Gasteiger partial charge in [-0.25, -0.2) is 0 Å². The summed E-state index contributed by atoms with van der Waals surface area (Å²) in [5.41, 5.74) is 0. The molecule has 98 valence electrons. The Labute approximate surface area is 105 Å². The molecule has 1 N–H and O–H groups in total. The summed E-state index contributed by atoms with van der Waals surface area (Å²) in [4.78, 5) is 2.38. The van der Waals surface area contributed by atoms with E-state index in [-0.39, 0.29) is 0 Å². The summed E-state index contributed by atoms with van der Waals surface area (Å²) < 4.78 is 5.36. The zero-order chi connectivity index (χ0) is 12.7. The molecule has 0 radical (unpaired) electrons. The van der Waals surface area contributed by atoms with Crippen molar-refractivity contribution in [3.63, 3.8) is 0 Å². The molecule has 1 heterocycles. The summed E-state index contributed by atoms with van der Waals surface area (Å²) in [5.74, 6) is 1.79. The molecule has 0 aromatic carbocycles. The standard InChI is InChI=1S/C14H26N2O/c1-12(2)7-9-16(4)10-8-15-13(3)14-6-5-11-17-14/h5-6,11-13,15H,7-10H2,1-4H3. The molecule has 0 bridgehead atoms. The van der Waals surface area contributed by atoms with Gasteiger partial charge in [0.2, 0.25) is 0 Å². The molecule has 0 saturated heterocycles. The highest BCUT2D eigenvalue weighted by Crippen LogP contribution is 2.11. The third-order valence-corrected chi connectivity index (χ3v) is 3.00. The zero-order valence-corrected chi connectivity index (χ0v) is 11.6. The molecular formula is C14H26N2O. The van der Waals surface area contributed by atoms with E-state index in [9.17, 15) is 0 Å². The lowest BCUT2D eigenvalue weighted by Crippen LogP contribution is -2.31. The number of rotatable bonds is 8. The molecule has 0 spiro atoms. The first-order valence-electron chi connectivity index (χ1n) is 6.55. The van der Waals surface area contributed by atoms with Crippen LogP contribution in [-0.2, 0) is 0 Å². The van der Waals surface area contributed by atoms with Gasteiger partial charge in [0.25, 0.3) is 0 Å². The van der Waals surface area contributed by atoms with Crippen molar-refractivity contribution < 1.29 is 4.42 Å². The maximum Gasteiger partial charge on any atom is 0.120 e. The highest BCUT2D eigenvalue weighted by Gasteiger charge is 2.07. The second-order valence-corrected chi connectivity index (χ2v) is 5.18. The van der Waals surface area contributed by atoms with Gasteiger partial charge in [0.1, 0.15) is 5.76 Å². The Kier molecular flexibility index (Phi) is 6.30. The van der Waals surface area contributed by atoms with Gasteiger partial charge >= 0.3 is 0 Å². The van der Waals surface area contributed by atoms with Crippen LogP contribution in [0, 0.1) is 5.92 Å². The molecule has 0 aliphatic carbocycles. The largest absolute Gasteiger partial charge is 0.468 e. The Bertz CT molecular complexity index is 282. The molecule has 1 rings (SSSR count). The Morgan fingerprint density at radius 2 is 2.06 bits per heavy atom. The topological polar surface area (TPSA) is 28.4 Å². The van der Waals surface area contributed by atoms with Crippen molar-refractivity contribution in [2.75, 3.05) is 26.7 Å². The van der Waals surface area contributed by atoms with Crippen LogP contribution in [-0.4, -0.2) is 31.6 Å². The lowest BCUT2D eigenvalue weighted by atomic mass is 10.1. The number of hydrogen-bond donors (Lipinski definition) is 1. The van der Waals surface area contributed by atoms with Crippen LogP contribution in [0.15, 0.2) is 22.8 Å². The van der Waals surface area contributed by atoms with Gasteiger partial charge in [-0.05, 0) is 45.0 Å². The van der Waals surface area contributed by atoms with Gasteiger partial charge in [0.15, 0.2) is 0 Å². The van der Waals surface area contributed by atoms with E-state index in [0.717, 1.165) is 24.8 Å². The molecule has 1 unspecified atom stereocenters. The van der Waals surface area contributed by atoms with Gasteiger partial charge < -0.3 is 14.6 Å². The highest BCUT2D eigenvalue weighted by atomic mass is 16.3. The van der Waals surface area contributed by atoms with Crippen molar-refractivity contribution in [1.82, 2.24) is 10.2 Å². The van der Waals surface area contributed by atoms with Crippen LogP contribution < -0.4 is 5.32 Å². The number of hydrogen-bond acceptors (Lipinski definition) is 3. The quantitative estimate of drug-likeness (QED) is 0.755. The zero-order valence-electron chi connectivity index (χ0n) is 11.6. The third kappa shape index (κ3) is 5.89. The van der Waals surface area contributed by atoms with E-state index in [4.69, 9.17) is 4.42 Å². The van der Waals surface area contributed by atoms with Crippen LogP contribution in [0.1, 0.15) is 39.0 Å². The summed E-state index contributed by atoms with van der Waals surface area (Å²) in [7, 11) is 2.18. The van der Waals surface area contributed by atoms with Gasteiger partial charge in [0.05, 0.1) is 12.3 Å². The Morgan fingerprint density at radius 3 is 2.65 bits per heavy atom. The van der Waals surface area contributed by atoms with E-state index in [1.807, 2.05) is 12.1 Å². The first-order valence-corrected chi connectivity index (χ1v) is 6.55. The summed E-state index contributed by atoms with van der Waals surface area (Å²) in [6.07, 6.45) is 2.99. The molecule has 1 atom stereocenters. The van der Waals surface area contributed by atoms with Crippen LogP contribution in [0.25, 0.3) is 0 Å². The second kappa shape index (κ2) is 7.51. The minimum absolute atomic E-state index is 0.295. The number of nitrogens with one attached hydrogen (secondary N) is 1. The average molecular weight is 238 g/mol. The average Bonchev–Trinajstić information content (AvgIpc) is 2.79. The van der Waals surface area contributed by atoms with Crippen LogP contribution in [0.3, 0.4) is 0 Å². The van der Waals surface area contributed by atoms with E-state index in [0.29, 0.717) is 6.04 Å². The van der Waals surface area contributed by atoms with Gasteiger partial charge in [-0.15, -0.1) is 0 Å². The Balaban J connectivity index is 2.11. The third-order valence-electron chi connectivity index (χ3n) is 3.00. The highest BCUT2D eigenvalue weighted by molar-refractivity contribution is 5.02. The first-order chi connectivity index (χ1) is 8.09. The lowest BCUT2D eigenvalue weighted by molar-refractivity contribution is 0.300. The minimum atomic E-state index is 0.295. The van der Waals surface area contributed by atoms with E-state index < -0.39 is 0 Å². The minimum Gasteiger partial charge on any atom is -0.468 e. The SMILES string of the molecule is CC(C)CCN(C)CCNC(C)c1ccco1. The summed E-state index contributed by atoms with van der Waals surface area (Å²) in [6.45, 7) is 9.92. The van der Waals surface area contributed by atoms with Gasteiger partial charge in [0, 0.05) is 13.1 Å². The Morgan fingerprint density at radius 1 is 1.29 bits per heavy atom. The van der Waals surface area contributed by atoms with E-state index in [1.54, 1.807) is 6.26 Å². The first kappa shape index (κ1) is 14.3.